The van der Waals surface area contributed by atoms with E-state index in [0.29, 0.717) is 0 Å². The maximum Gasteiger partial charge on any atom is 0.237 e. The molecule has 0 aromatic heterocycles. The van der Waals surface area contributed by atoms with Crippen LogP contribution in [0.25, 0.3) is 0 Å². The standard InChI is InChI=1S/C27H43N5O2/c1-2-24-30-25(32-34-24)20-10-12-21-19(18-20)11-13-22(21)29-26(33)23-14-17-28-27(31-23)15-8-6-4-3-5-7-9-16-27/h10,12,18,22-25,28,30-32H,2-9,11,13-17H2,1H3,(H,29,33)/t22-,23?,24?,25?/m1/s1. The summed E-state index contributed by atoms with van der Waals surface area (Å²) >= 11 is 0. The van der Waals surface area contributed by atoms with Gasteiger partial charge in [-0.15, -0.1) is 0 Å². The van der Waals surface area contributed by atoms with Crippen LogP contribution in [0.3, 0.4) is 0 Å². The summed E-state index contributed by atoms with van der Waals surface area (Å²) in [6.45, 7) is 3.02. The molecule has 5 rings (SSSR count). The third-order valence-corrected chi connectivity index (χ3v) is 8.32. The molecular weight excluding hydrogens is 426 g/mol. The van der Waals surface area contributed by atoms with Crippen molar-refractivity contribution in [3.05, 3.63) is 34.9 Å². The van der Waals surface area contributed by atoms with Crippen LogP contribution in [0.4, 0.5) is 0 Å². The van der Waals surface area contributed by atoms with E-state index in [1.54, 1.807) is 0 Å². The lowest BCUT2D eigenvalue weighted by atomic mass is 9.89. The Balaban J connectivity index is 1.20. The molecule has 1 amide bonds. The van der Waals surface area contributed by atoms with Crippen LogP contribution in [0.5, 0.6) is 0 Å². The second-order valence-corrected chi connectivity index (χ2v) is 10.8. The zero-order valence-electron chi connectivity index (χ0n) is 20.8. The quantitative estimate of drug-likeness (QED) is 0.461. The first kappa shape index (κ1) is 24.2. The first-order valence-electron chi connectivity index (χ1n) is 13.8. The van der Waals surface area contributed by atoms with E-state index in [0.717, 1.165) is 45.1 Å². The van der Waals surface area contributed by atoms with E-state index in [1.807, 2.05) is 0 Å². The van der Waals surface area contributed by atoms with Crippen molar-refractivity contribution in [3.63, 3.8) is 0 Å². The van der Waals surface area contributed by atoms with Crippen LogP contribution in [0.1, 0.15) is 113 Å². The summed E-state index contributed by atoms with van der Waals surface area (Å²) in [5.41, 5.74) is 6.83. The molecule has 2 saturated heterocycles. The van der Waals surface area contributed by atoms with Crippen LogP contribution >= 0.6 is 0 Å². The Labute approximate surface area is 204 Å². The van der Waals surface area contributed by atoms with Gasteiger partial charge in [0.25, 0.3) is 0 Å². The fourth-order valence-corrected chi connectivity index (χ4v) is 6.30. The molecule has 188 valence electrons. The number of hydroxylamine groups is 1. The van der Waals surface area contributed by atoms with Crippen molar-refractivity contribution < 1.29 is 9.63 Å². The molecule has 5 N–H and O–H groups in total. The lowest BCUT2D eigenvalue weighted by Gasteiger charge is -2.44. The van der Waals surface area contributed by atoms with E-state index in [9.17, 15) is 4.79 Å². The number of hydrogen-bond acceptors (Lipinski definition) is 6. The Morgan fingerprint density at radius 3 is 2.59 bits per heavy atom. The number of amides is 1. The molecule has 4 atom stereocenters. The number of rotatable bonds is 4. The predicted octanol–water partition coefficient (Wildman–Crippen LogP) is 3.82. The second-order valence-electron chi connectivity index (χ2n) is 10.8. The lowest BCUT2D eigenvalue weighted by Crippen LogP contribution is -2.67. The van der Waals surface area contributed by atoms with Crippen molar-refractivity contribution in [1.29, 1.82) is 0 Å². The minimum Gasteiger partial charge on any atom is -0.348 e. The first-order valence-corrected chi connectivity index (χ1v) is 13.8. The van der Waals surface area contributed by atoms with Gasteiger partial charge < -0.3 is 5.32 Å². The highest BCUT2D eigenvalue weighted by Crippen LogP contribution is 2.34. The fraction of sp³-hybridized carbons (Fsp3) is 0.741. The maximum atomic E-state index is 13.4. The van der Waals surface area contributed by atoms with Crippen molar-refractivity contribution in [2.45, 2.75) is 121 Å². The molecule has 7 heteroatoms. The highest BCUT2D eigenvalue weighted by molar-refractivity contribution is 5.82. The fourth-order valence-electron chi connectivity index (χ4n) is 6.30. The number of benzene rings is 1. The summed E-state index contributed by atoms with van der Waals surface area (Å²) < 4.78 is 0. The smallest absolute Gasteiger partial charge is 0.237 e. The van der Waals surface area contributed by atoms with Crippen molar-refractivity contribution in [2.75, 3.05) is 6.54 Å². The van der Waals surface area contributed by atoms with Crippen molar-refractivity contribution in [3.8, 4) is 0 Å². The van der Waals surface area contributed by atoms with Crippen LogP contribution in [-0.4, -0.2) is 30.4 Å². The number of carbonyl (C=O) groups excluding carboxylic acids is 1. The topological polar surface area (TPSA) is 86.5 Å². The summed E-state index contributed by atoms with van der Waals surface area (Å²) in [7, 11) is 0. The molecule has 7 nitrogen and oxygen atoms in total. The Kier molecular flexibility index (Phi) is 7.86. The zero-order chi connectivity index (χ0) is 23.4. The van der Waals surface area contributed by atoms with Gasteiger partial charge in [-0.25, -0.2) is 0 Å². The van der Waals surface area contributed by atoms with Gasteiger partial charge in [0.2, 0.25) is 5.91 Å². The average molecular weight is 470 g/mol. The molecule has 4 aliphatic rings. The molecule has 1 saturated carbocycles. The van der Waals surface area contributed by atoms with Crippen LogP contribution in [0, 0.1) is 0 Å². The van der Waals surface area contributed by atoms with Gasteiger partial charge in [-0.3, -0.25) is 25.6 Å². The third-order valence-electron chi connectivity index (χ3n) is 8.32. The predicted molar refractivity (Wildman–Crippen MR) is 134 cm³/mol. The molecule has 1 aromatic rings. The minimum absolute atomic E-state index is 0.0243. The summed E-state index contributed by atoms with van der Waals surface area (Å²) in [5, 5.41) is 14.4. The van der Waals surface area contributed by atoms with Crippen molar-refractivity contribution >= 4 is 5.91 Å². The lowest BCUT2D eigenvalue weighted by molar-refractivity contribution is -0.125. The number of aryl methyl sites for hydroxylation is 1. The van der Waals surface area contributed by atoms with Gasteiger partial charge in [0.15, 0.2) is 0 Å². The Bertz CT molecular complexity index is 836. The molecule has 3 unspecified atom stereocenters. The van der Waals surface area contributed by atoms with Gasteiger partial charge in [0.05, 0.1) is 17.7 Å². The van der Waals surface area contributed by atoms with Crippen LogP contribution in [-0.2, 0) is 16.1 Å². The highest BCUT2D eigenvalue weighted by Gasteiger charge is 2.38. The van der Waals surface area contributed by atoms with Crippen molar-refractivity contribution in [1.82, 2.24) is 26.7 Å². The molecule has 1 aromatic carbocycles. The normalized spacial score (nSPS) is 31.8. The molecule has 0 bridgehead atoms. The van der Waals surface area contributed by atoms with Crippen LogP contribution in [0.2, 0.25) is 0 Å². The van der Waals surface area contributed by atoms with E-state index in [1.165, 1.54) is 61.6 Å². The number of carbonyl (C=O) groups is 1. The van der Waals surface area contributed by atoms with Crippen molar-refractivity contribution in [2.24, 2.45) is 0 Å². The molecule has 2 heterocycles. The summed E-state index contributed by atoms with van der Waals surface area (Å²) in [4.78, 5) is 18.9. The second kappa shape index (κ2) is 11.0. The van der Waals surface area contributed by atoms with Gasteiger partial charge in [-0.05, 0) is 61.8 Å². The Morgan fingerprint density at radius 2 is 1.85 bits per heavy atom. The Morgan fingerprint density at radius 1 is 1.09 bits per heavy atom. The molecule has 3 fully saturated rings. The summed E-state index contributed by atoms with van der Waals surface area (Å²) in [6.07, 6.45) is 15.2. The van der Waals surface area contributed by atoms with E-state index < -0.39 is 0 Å². The largest absolute Gasteiger partial charge is 0.348 e. The molecular formula is C27H43N5O2. The van der Waals surface area contributed by atoms with Gasteiger partial charge in [0.1, 0.15) is 12.4 Å². The molecule has 2 aliphatic carbocycles. The van der Waals surface area contributed by atoms with Gasteiger partial charge in [-0.1, -0.05) is 70.1 Å². The number of fused-ring (bicyclic) bond motifs is 1. The number of hydrogen-bond donors (Lipinski definition) is 5. The molecule has 0 radical (unpaired) electrons. The SMILES string of the molecule is CCC1NC(c2ccc3c(c2)CC[C@H]3NC(=O)C2CCNC3(CCCCCCCCC3)N2)NO1. The first-order chi connectivity index (χ1) is 16.7. The Hall–Kier alpha value is -1.51. The van der Waals surface area contributed by atoms with Gasteiger partial charge >= 0.3 is 0 Å². The van der Waals surface area contributed by atoms with E-state index >= 15 is 0 Å². The average Bonchev–Trinajstić information content (AvgIpc) is 3.50. The maximum absolute atomic E-state index is 13.4. The van der Waals surface area contributed by atoms with Gasteiger partial charge in [-0.2, -0.15) is 5.48 Å². The molecule has 2 aliphatic heterocycles. The van der Waals surface area contributed by atoms with E-state index in [4.69, 9.17) is 4.84 Å². The highest BCUT2D eigenvalue weighted by atomic mass is 16.7. The van der Waals surface area contributed by atoms with E-state index in [2.05, 4.69) is 51.9 Å². The van der Waals surface area contributed by atoms with Crippen LogP contribution < -0.4 is 26.7 Å². The third kappa shape index (κ3) is 5.49. The van der Waals surface area contributed by atoms with Gasteiger partial charge in [0, 0.05) is 0 Å². The summed E-state index contributed by atoms with van der Waals surface area (Å²) in [6, 6.07) is 6.63. The zero-order valence-corrected chi connectivity index (χ0v) is 20.8. The summed E-state index contributed by atoms with van der Waals surface area (Å²) in [5.74, 6) is 0.165. The molecule has 34 heavy (non-hydrogen) atoms. The monoisotopic (exact) mass is 469 g/mol. The van der Waals surface area contributed by atoms with E-state index in [-0.39, 0.29) is 36.0 Å². The minimum atomic E-state index is -0.109. The number of nitrogens with one attached hydrogen (secondary N) is 5. The van der Waals surface area contributed by atoms with Crippen LogP contribution in [0.15, 0.2) is 18.2 Å². The molecule has 1 spiro atoms.